The molecule has 0 bridgehead atoms. The van der Waals surface area contributed by atoms with Crippen LogP contribution in [0.3, 0.4) is 0 Å². The Kier molecular flexibility index (Phi) is 2.90. The number of hydrogen-bond donors (Lipinski definition) is 0. The summed E-state index contributed by atoms with van der Waals surface area (Å²) >= 11 is 0. The zero-order valence-corrected chi connectivity index (χ0v) is 6.62. The van der Waals surface area contributed by atoms with Gasteiger partial charge >= 0.3 is 0 Å². The number of furan rings is 1. The molecule has 0 aliphatic heterocycles. The van der Waals surface area contributed by atoms with Gasteiger partial charge < -0.3 is 9.21 Å². The lowest BCUT2D eigenvalue weighted by Gasteiger charge is -2.06. The fourth-order valence-electron chi connectivity index (χ4n) is 1.12. The van der Waals surface area contributed by atoms with Crippen molar-refractivity contribution in [2.24, 2.45) is 0 Å². The van der Waals surface area contributed by atoms with Gasteiger partial charge in [-0.2, -0.15) is 0 Å². The molecule has 2 heteroatoms. The van der Waals surface area contributed by atoms with Crippen LogP contribution in [0.15, 0.2) is 22.8 Å². The first-order valence-electron chi connectivity index (χ1n) is 3.85. The molecule has 0 aliphatic carbocycles. The predicted molar refractivity (Wildman–Crippen MR) is 42.4 cm³/mol. The van der Waals surface area contributed by atoms with Crippen molar-refractivity contribution in [1.82, 2.24) is 0 Å². The van der Waals surface area contributed by atoms with E-state index in [9.17, 15) is 4.79 Å². The maximum Gasteiger partial charge on any atom is 0.120 e. The second-order valence-electron chi connectivity index (χ2n) is 2.52. The van der Waals surface area contributed by atoms with Crippen molar-refractivity contribution in [3.05, 3.63) is 24.2 Å². The third-order valence-corrected chi connectivity index (χ3v) is 1.82. The normalized spacial score (nSPS) is 12.8. The lowest BCUT2D eigenvalue weighted by Crippen LogP contribution is -1.95. The van der Waals surface area contributed by atoms with Crippen LogP contribution in [-0.4, -0.2) is 6.29 Å². The first kappa shape index (κ1) is 8.05. The highest BCUT2D eigenvalue weighted by atomic mass is 16.3. The van der Waals surface area contributed by atoms with Crippen LogP contribution in [0.1, 0.15) is 31.4 Å². The Balaban J connectivity index is 2.62. The van der Waals surface area contributed by atoms with Crippen molar-refractivity contribution in [1.29, 1.82) is 0 Å². The van der Waals surface area contributed by atoms with Crippen molar-refractivity contribution < 1.29 is 9.21 Å². The molecule has 60 valence electrons. The molecular weight excluding hydrogens is 140 g/mol. The molecule has 0 radical (unpaired) electrons. The number of carbonyl (C=O) groups is 1. The van der Waals surface area contributed by atoms with Crippen LogP contribution >= 0.6 is 0 Å². The van der Waals surface area contributed by atoms with E-state index < -0.39 is 0 Å². The molecule has 0 N–H and O–H groups in total. The maximum absolute atomic E-state index is 10.2. The summed E-state index contributed by atoms with van der Waals surface area (Å²) in [5.41, 5.74) is 0. The molecule has 0 amide bonds. The van der Waals surface area contributed by atoms with Gasteiger partial charge in [0.25, 0.3) is 0 Å². The first-order chi connectivity index (χ1) is 5.38. The smallest absolute Gasteiger partial charge is 0.120 e. The minimum atomic E-state index is 0.266. The van der Waals surface area contributed by atoms with Crippen LogP contribution in [0.5, 0.6) is 0 Å². The van der Waals surface area contributed by atoms with E-state index in [1.54, 1.807) is 6.26 Å². The van der Waals surface area contributed by atoms with Crippen LogP contribution in [0.2, 0.25) is 0 Å². The zero-order chi connectivity index (χ0) is 8.10. The molecule has 1 rings (SSSR count). The van der Waals surface area contributed by atoms with E-state index >= 15 is 0 Å². The summed E-state index contributed by atoms with van der Waals surface area (Å²) < 4.78 is 5.18. The van der Waals surface area contributed by atoms with Gasteiger partial charge in [0.2, 0.25) is 0 Å². The summed E-state index contributed by atoms with van der Waals surface area (Å²) in [5.74, 6) is 1.18. The van der Waals surface area contributed by atoms with Crippen LogP contribution in [0, 0.1) is 0 Å². The summed E-state index contributed by atoms with van der Waals surface area (Å²) in [4.78, 5) is 10.2. The third-order valence-electron chi connectivity index (χ3n) is 1.82. The monoisotopic (exact) mass is 152 g/mol. The molecule has 0 saturated carbocycles. The van der Waals surface area contributed by atoms with Gasteiger partial charge in [-0.05, 0) is 18.6 Å². The fraction of sp³-hybridized carbons (Fsp3) is 0.444. The number of hydrogen-bond acceptors (Lipinski definition) is 2. The van der Waals surface area contributed by atoms with Crippen molar-refractivity contribution in [3.63, 3.8) is 0 Å². The zero-order valence-electron chi connectivity index (χ0n) is 6.62. The standard InChI is InChI=1S/C9H12O2/c1-2-8(5-6-10)9-4-3-7-11-9/h3-4,6-8H,2,5H2,1H3/t8-/m0/s1. The molecule has 0 aliphatic rings. The van der Waals surface area contributed by atoms with Crippen LogP contribution < -0.4 is 0 Å². The Morgan fingerprint density at radius 3 is 3.00 bits per heavy atom. The van der Waals surface area contributed by atoms with E-state index in [-0.39, 0.29) is 5.92 Å². The highest BCUT2D eigenvalue weighted by molar-refractivity contribution is 5.51. The molecule has 2 nitrogen and oxygen atoms in total. The largest absolute Gasteiger partial charge is 0.469 e. The maximum atomic E-state index is 10.2. The minimum absolute atomic E-state index is 0.266. The van der Waals surface area contributed by atoms with Crippen molar-refractivity contribution in [3.8, 4) is 0 Å². The summed E-state index contributed by atoms with van der Waals surface area (Å²) in [5, 5.41) is 0. The molecule has 0 unspecified atom stereocenters. The molecular formula is C9H12O2. The molecule has 1 aromatic rings. The van der Waals surface area contributed by atoms with Gasteiger partial charge in [0.1, 0.15) is 12.0 Å². The summed E-state index contributed by atoms with van der Waals surface area (Å²) in [6.07, 6.45) is 4.09. The quantitative estimate of drug-likeness (QED) is 0.620. The number of carbonyl (C=O) groups excluding carboxylic acids is 1. The topological polar surface area (TPSA) is 30.2 Å². The second-order valence-corrected chi connectivity index (χ2v) is 2.52. The Labute approximate surface area is 66.2 Å². The van der Waals surface area contributed by atoms with Crippen molar-refractivity contribution >= 4 is 6.29 Å². The fourth-order valence-corrected chi connectivity index (χ4v) is 1.12. The molecule has 11 heavy (non-hydrogen) atoms. The Bertz CT molecular complexity index is 201. The van der Waals surface area contributed by atoms with E-state index in [4.69, 9.17) is 4.42 Å². The Morgan fingerprint density at radius 2 is 2.55 bits per heavy atom. The molecule has 1 heterocycles. The molecule has 1 aromatic heterocycles. The highest BCUT2D eigenvalue weighted by Gasteiger charge is 2.10. The van der Waals surface area contributed by atoms with Gasteiger partial charge in [0, 0.05) is 12.3 Å². The second kappa shape index (κ2) is 3.96. The summed E-state index contributed by atoms with van der Waals surface area (Å²) in [7, 11) is 0. The number of rotatable bonds is 4. The van der Waals surface area contributed by atoms with Gasteiger partial charge in [-0.1, -0.05) is 6.92 Å². The Morgan fingerprint density at radius 1 is 1.73 bits per heavy atom. The lowest BCUT2D eigenvalue weighted by atomic mass is 10.0. The van der Waals surface area contributed by atoms with E-state index in [0.29, 0.717) is 6.42 Å². The molecule has 0 saturated heterocycles. The molecule has 0 aromatic carbocycles. The van der Waals surface area contributed by atoms with Gasteiger partial charge in [0.05, 0.1) is 6.26 Å². The number of aldehydes is 1. The third kappa shape index (κ3) is 1.93. The van der Waals surface area contributed by atoms with Crippen LogP contribution in [0.4, 0.5) is 0 Å². The molecule has 1 atom stereocenters. The van der Waals surface area contributed by atoms with Gasteiger partial charge in [-0.3, -0.25) is 0 Å². The van der Waals surface area contributed by atoms with E-state index in [2.05, 4.69) is 6.92 Å². The lowest BCUT2D eigenvalue weighted by molar-refractivity contribution is -0.108. The Hall–Kier alpha value is -1.05. The van der Waals surface area contributed by atoms with Crippen molar-refractivity contribution in [2.45, 2.75) is 25.7 Å². The van der Waals surface area contributed by atoms with E-state index in [0.717, 1.165) is 18.5 Å². The van der Waals surface area contributed by atoms with Crippen LogP contribution in [-0.2, 0) is 4.79 Å². The van der Waals surface area contributed by atoms with E-state index in [1.807, 2.05) is 12.1 Å². The van der Waals surface area contributed by atoms with E-state index in [1.165, 1.54) is 0 Å². The average Bonchev–Trinajstić information content (AvgIpc) is 2.52. The van der Waals surface area contributed by atoms with Crippen molar-refractivity contribution in [2.75, 3.05) is 0 Å². The predicted octanol–water partition coefficient (Wildman–Crippen LogP) is 2.36. The minimum Gasteiger partial charge on any atom is -0.469 e. The SMILES string of the molecule is CC[C@@H](CC=O)c1ccco1. The van der Waals surface area contributed by atoms with Gasteiger partial charge in [-0.15, -0.1) is 0 Å². The van der Waals surface area contributed by atoms with Gasteiger partial charge in [0.15, 0.2) is 0 Å². The highest BCUT2D eigenvalue weighted by Crippen LogP contribution is 2.21. The van der Waals surface area contributed by atoms with Gasteiger partial charge in [-0.25, -0.2) is 0 Å². The molecule has 0 fully saturated rings. The van der Waals surface area contributed by atoms with Crippen LogP contribution in [0.25, 0.3) is 0 Å². The first-order valence-corrected chi connectivity index (χ1v) is 3.85. The summed E-state index contributed by atoms with van der Waals surface area (Å²) in [6.45, 7) is 2.05. The summed E-state index contributed by atoms with van der Waals surface area (Å²) in [6, 6.07) is 3.76. The average molecular weight is 152 g/mol. The molecule has 0 spiro atoms.